The molecule has 0 radical (unpaired) electrons. The van der Waals surface area contributed by atoms with Gasteiger partial charge in [-0.1, -0.05) is 13.8 Å². The van der Waals surface area contributed by atoms with E-state index in [9.17, 15) is 0 Å². The van der Waals surface area contributed by atoms with Gasteiger partial charge in [0.25, 0.3) is 0 Å². The van der Waals surface area contributed by atoms with Crippen molar-refractivity contribution in [2.24, 2.45) is 0 Å². The van der Waals surface area contributed by atoms with Gasteiger partial charge in [0.2, 0.25) is 0 Å². The minimum absolute atomic E-state index is 0.521. The Balaban J connectivity index is 2.68. The van der Waals surface area contributed by atoms with Crippen molar-refractivity contribution in [2.75, 3.05) is 0 Å². The van der Waals surface area contributed by atoms with Crippen LogP contribution in [0.4, 0.5) is 0 Å². The van der Waals surface area contributed by atoms with E-state index in [1.807, 2.05) is 6.20 Å². The summed E-state index contributed by atoms with van der Waals surface area (Å²) in [4.78, 5) is 7.36. The van der Waals surface area contributed by atoms with Crippen molar-refractivity contribution in [3.05, 3.63) is 21.8 Å². The number of fused-ring (bicyclic) bond motifs is 1. The lowest BCUT2D eigenvalue weighted by atomic mass is 10.1. The summed E-state index contributed by atoms with van der Waals surface area (Å²) in [5, 5.41) is 0. The third-order valence-electron chi connectivity index (χ3n) is 1.96. The molecule has 0 aliphatic carbocycles. The van der Waals surface area contributed by atoms with E-state index in [2.05, 4.69) is 29.9 Å². The third-order valence-corrected chi connectivity index (χ3v) is 3.13. The van der Waals surface area contributed by atoms with Gasteiger partial charge in [-0.05, 0) is 29.8 Å². The lowest BCUT2D eigenvalue weighted by Crippen LogP contribution is -1.87. The molecule has 2 aromatic rings. The fourth-order valence-corrected chi connectivity index (χ4v) is 2.28. The van der Waals surface area contributed by atoms with E-state index in [-0.39, 0.29) is 0 Å². The molecule has 0 fully saturated rings. The summed E-state index contributed by atoms with van der Waals surface area (Å²) >= 11 is 6.63. The van der Waals surface area contributed by atoms with Crippen molar-refractivity contribution < 1.29 is 0 Å². The smallest absolute Gasteiger partial charge is 0.160 e. The number of rotatable bonds is 1. The molecule has 2 aromatic heterocycles. The maximum atomic E-state index is 5.04. The molecule has 0 spiro atoms. The minimum atomic E-state index is 0.521. The molecule has 0 aliphatic heterocycles. The van der Waals surface area contributed by atoms with Crippen molar-refractivity contribution in [1.29, 1.82) is 0 Å². The second-order valence-electron chi connectivity index (χ2n) is 3.28. The van der Waals surface area contributed by atoms with E-state index in [4.69, 9.17) is 12.2 Å². The molecule has 13 heavy (non-hydrogen) atoms. The summed E-state index contributed by atoms with van der Waals surface area (Å²) in [5.74, 6) is 0.521. The molecule has 0 amide bonds. The molecule has 2 nitrogen and oxygen atoms in total. The average Bonchev–Trinajstić information content (AvgIpc) is 2.42. The molecule has 0 bridgehead atoms. The normalized spacial score (nSPS) is 11.3. The van der Waals surface area contributed by atoms with Gasteiger partial charge in [0, 0.05) is 6.20 Å². The summed E-state index contributed by atoms with van der Waals surface area (Å²) < 4.78 is 1.94. The number of aromatic nitrogens is 2. The zero-order chi connectivity index (χ0) is 9.42. The summed E-state index contributed by atoms with van der Waals surface area (Å²) in [6, 6.07) is 2.16. The van der Waals surface area contributed by atoms with Crippen LogP contribution >= 0.6 is 23.6 Å². The van der Waals surface area contributed by atoms with Crippen molar-refractivity contribution in [3.8, 4) is 0 Å². The quantitative estimate of drug-likeness (QED) is 0.730. The molecular weight excluding hydrogens is 200 g/mol. The standard InChI is InChI=1S/C9H10N2S2/c1-5(2)6-3-7-8(10-4-6)11-9(12)13-7/h3-5H,1-2H3,(H,10,11,12). The Bertz CT molecular complexity index is 482. The van der Waals surface area contributed by atoms with E-state index >= 15 is 0 Å². The maximum Gasteiger partial charge on any atom is 0.160 e. The molecular formula is C9H10N2S2. The van der Waals surface area contributed by atoms with Crippen molar-refractivity contribution in [3.63, 3.8) is 0 Å². The molecule has 2 rings (SSSR count). The first kappa shape index (κ1) is 8.84. The first-order valence-corrected chi connectivity index (χ1v) is 5.38. The van der Waals surface area contributed by atoms with Gasteiger partial charge in [0.05, 0.1) is 4.70 Å². The first-order valence-electron chi connectivity index (χ1n) is 4.15. The number of hydrogen-bond acceptors (Lipinski definition) is 3. The van der Waals surface area contributed by atoms with Crippen LogP contribution in [0.15, 0.2) is 12.3 Å². The van der Waals surface area contributed by atoms with Gasteiger partial charge >= 0.3 is 0 Å². The highest BCUT2D eigenvalue weighted by molar-refractivity contribution is 7.73. The fraction of sp³-hybridized carbons (Fsp3) is 0.333. The van der Waals surface area contributed by atoms with Gasteiger partial charge in [0.15, 0.2) is 3.95 Å². The Morgan fingerprint density at radius 3 is 3.00 bits per heavy atom. The molecule has 0 aliphatic rings. The predicted molar refractivity (Wildman–Crippen MR) is 58.9 cm³/mol. The number of thiazole rings is 1. The van der Waals surface area contributed by atoms with Crippen LogP contribution in [0.3, 0.4) is 0 Å². The van der Waals surface area contributed by atoms with Crippen molar-refractivity contribution >= 4 is 33.9 Å². The van der Waals surface area contributed by atoms with Gasteiger partial charge in [-0.3, -0.25) is 0 Å². The Morgan fingerprint density at radius 1 is 1.54 bits per heavy atom. The zero-order valence-electron chi connectivity index (χ0n) is 7.50. The number of aromatic amines is 1. The molecule has 0 saturated carbocycles. The molecule has 1 N–H and O–H groups in total. The second-order valence-corrected chi connectivity index (χ2v) is 5.00. The summed E-state index contributed by atoms with van der Waals surface area (Å²) in [7, 11) is 0. The zero-order valence-corrected chi connectivity index (χ0v) is 9.13. The second kappa shape index (κ2) is 3.20. The lowest BCUT2D eigenvalue weighted by Gasteiger charge is -2.02. The van der Waals surface area contributed by atoms with Crippen LogP contribution in [0.2, 0.25) is 0 Å². The third kappa shape index (κ3) is 1.64. The van der Waals surface area contributed by atoms with Gasteiger partial charge in [0.1, 0.15) is 5.65 Å². The van der Waals surface area contributed by atoms with E-state index in [1.54, 1.807) is 11.3 Å². The van der Waals surface area contributed by atoms with Gasteiger partial charge in [-0.25, -0.2) is 4.98 Å². The van der Waals surface area contributed by atoms with Crippen LogP contribution in [0.5, 0.6) is 0 Å². The fourth-order valence-electron chi connectivity index (χ4n) is 1.17. The molecule has 0 atom stereocenters. The van der Waals surface area contributed by atoms with Gasteiger partial charge in [-0.15, -0.1) is 11.3 Å². The SMILES string of the molecule is CC(C)c1cnc2[nH]c(=S)sc2c1. The topological polar surface area (TPSA) is 28.7 Å². The number of H-pyrrole nitrogens is 1. The largest absolute Gasteiger partial charge is 0.322 e. The van der Waals surface area contributed by atoms with Crippen LogP contribution in [-0.2, 0) is 0 Å². The van der Waals surface area contributed by atoms with Crippen LogP contribution < -0.4 is 0 Å². The monoisotopic (exact) mass is 210 g/mol. The van der Waals surface area contributed by atoms with Crippen molar-refractivity contribution in [1.82, 2.24) is 9.97 Å². The van der Waals surface area contributed by atoms with Crippen LogP contribution in [-0.4, -0.2) is 9.97 Å². The Kier molecular flexibility index (Phi) is 2.17. The Hall–Kier alpha value is -0.740. The van der Waals surface area contributed by atoms with Gasteiger partial charge in [-0.2, -0.15) is 0 Å². The van der Waals surface area contributed by atoms with Crippen molar-refractivity contribution in [2.45, 2.75) is 19.8 Å². The summed E-state index contributed by atoms with van der Waals surface area (Å²) in [6.45, 7) is 4.32. The first-order chi connectivity index (χ1) is 6.16. The van der Waals surface area contributed by atoms with E-state index in [0.717, 1.165) is 14.3 Å². The lowest BCUT2D eigenvalue weighted by molar-refractivity contribution is 0.862. The molecule has 68 valence electrons. The highest BCUT2D eigenvalue weighted by Crippen LogP contribution is 2.22. The minimum Gasteiger partial charge on any atom is -0.322 e. The van der Waals surface area contributed by atoms with Crippen LogP contribution in [0.25, 0.3) is 10.3 Å². The highest BCUT2D eigenvalue weighted by Gasteiger charge is 2.03. The van der Waals surface area contributed by atoms with Crippen LogP contribution in [0.1, 0.15) is 25.3 Å². The number of nitrogens with one attached hydrogen (secondary N) is 1. The summed E-state index contributed by atoms with van der Waals surface area (Å²) in [6.07, 6.45) is 1.91. The average molecular weight is 210 g/mol. The van der Waals surface area contributed by atoms with E-state index in [0.29, 0.717) is 5.92 Å². The number of pyridine rings is 1. The highest BCUT2D eigenvalue weighted by atomic mass is 32.1. The number of nitrogens with zero attached hydrogens (tertiary/aromatic N) is 1. The summed E-state index contributed by atoms with van der Waals surface area (Å²) in [5.41, 5.74) is 2.16. The molecule has 0 saturated heterocycles. The predicted octanol–water partition coefficient (Wildman–Crippen LogP) is 3.48. The molecule has 0 unspecified atom stereocenters. The van der Waals surface area contributed by atoms with Crippen LogP contribution in [0, 0.1) is 3.95 Å². The number of hydrogen-bond donors (Lipinski definition) is 1. The van der Waals surface area contributed by atoms with E-state index < -0.39 is 0 Å². The molecule has 0 aromatic carbocycles. The maximum absolute atomic E-state index is 5.04. The Morgan fingerprint density at radius 2 is 2.31 bits per heavy atom. The molecule has 4 heteroatoms. The Labute approximate surface area is 85.6 Å². The molecule has 2 heterocycles. The van der Waals surface area contributed by atoms with E-state index in [1.165, 1.54) is 5.56 Å². The van der Waals surface area contributed by atoms with Gasteiger partial charge < -0.3 is 4.98 Å².